The van der Waals surface area contributed by atoms with Crippen LogP contribution < -0.4 is 5.73 Å². The van der Waals surface area contributed by atoms with Gasteiger partial charge in [-0.3, -0.25) is 0 Å². The van der Waals surface area contributed by atoms with Crippen molar-refractivity contribution < 1.29 is 9.90 Å². The van der Waals surface area contributed by atoms with Crippen molar-refractivity contribution >= 4 is 11.8 Å². The van der Waals surface area contributed by atoms with Crippen molar-refractivity contribution in [2.24, 2.45) is 0 Å². The van der Waals surface area contributed by atoms with Crippen molar-refractivity contribution in [3.05, 3.63) is 11.8 Å². The Balaban J connectivity index is 2.74. The molecule has 3 N–H and O–H groups in total. The Morgan fingerprint density at radius 1 is 1.71 bits per heavy atom. The SMILES string of the molecule is CN(C)CCn1ncc(C(=O)O)c1N. The summed E-state index contributed by atoms with van der Waals surface area (Å²) in [4.78, 5) is 12.6. The largest absolute Gasteiger partial charge is 0.477 e. The molecule has 6 heteroatoms. The van der Waals surface area contributed by atoms with E-state index in [-0.39, 0.29) is 11.4 Å². The molecule has 0 atom stereocenters. The molecule has 0 bridgehead atoms. The maximum Gasteiger partial charge on any atom is 0.341 e. The number of rotatable bonds is 4. The Labute approximate surface area is 81.9 Å². The van der Waals surface area contributed by atoms with E-state index in [1.165, 1.54) is 10.9 Å². The molecule has 0 saturated carbocycles. The molecule has 0 spiro atoms. The first-order valence-electron chi connectivity index (χ1n) is 4.21. The van der Waals surface area contributed by atoms with E-state index in [1.54, 1.807) is 0 Å². The highest BCUT2D eigenvalue weighted by Gasteiger charge is 2.13. The third kappa shape index (κ3) is 2.23. The first kappa shape index (κ1) is 10.5. The fourth-order valence-electron chi connectivity index (χ4n) is 1.03. The lowest BCUT2D eigenvalue weighted by Crippen LogP contribution is -2.20. The number of nitrogens with zero attached hydrogens (tertiary/aromatic N) is 3. The predicted molar refractivity (Wildman–Crippen MR) is 52.2 cm³/mol. The lowest BCUT2D eigenvalue weighted by atomic mass is 10.3. The van der Waals surface area contributed by atoms with Crippen LogP contribution in [0, 0.1) is 0 Å². The third-order valence-electron chi connectivity index (χ3n) is 1.87. The average Bonchev–Trinajstić information content (AvgIpc) is 2.43. The van der Waals surface area contributed by atoms with Crippen LogP contribution >= 0.6 is 0 Å². The molecule has 6 nitrogen and oxygen atoms in total. The van der Waals surface area contributed by atoms with Gasteiger partial charge in [-0.05, 0) is 14.1 Å². The summed E-state index contributed by atoms with van der Waals surface area (Å²) in [6.07, 6.45) is 1.27. The first-order valence-corrected chi connectivity index (χ1v) is 4.21. The summed E-state index contributed by atoms with van der Waals surface area (Å²) >= 11 is 0. The van der Waals surface area contributed by atoms with Gasteiger partial charge in [0, 0.05) is 6.54 Å². The van der Waals surface area contributed by atoms with Crippen LogP contribution in [0.5, 0.6) is 0 Å². The second kappa shape index (κ2) is 4.10. The molecule has 0 radical (unpaired) electrons. The monoisotopic (exact) mass is 198 g/mol. The molecule has 0 aromatic carbocycles. The first-order chi connectivity index (χ1) is 6.52. The zero-order valence-corrected chi connectivity index (χ0v) is 8.27. The molecule has 0 saturated heterocycles. The van der Waals surface area contributed by atoms with Crippen LogP contribution in [0.2, 0.25) is 0 Å². The minimum atomic E-state index is -1.04. The van der Waals surface area contributed by atoms with Gasteiger partial charge in [-0.25, -0.2) is 9.48 Å². The number of aromatic carboxylic acids is 1. The average molecular weight is 198 g/mol. The summed E-state index contributed by atoms with van der Waals surface area (Å²) < 4.78 is 1.49. The van der Waals surface area contributed by atoms with E-state index in [2.05, 4.69) is 5.10 Å². The van der Waals surface area contributed by atoms with Crippen molar-refractivity contribution in [1.29, 1.82) is 0 Å². The Hall–Kier alpha value is -1.56. The van der Waals surface area contributed by atoms with Gasteiger partial charge >= 0.3 is 5.97 Å². The minimum Gasteiger partial charge on any atom is -0.477 e. The van der Waals surface area contributed by atoms with Gasteiger partial charge in [-0.2, -0.15) is 5.10 Å². The van der Waals surface area contributed by atoms with Gasteiger partial charge in [0.15, 0.2) is 0 Å². The number of likely N-dealkylation sites (N-methyl/N-ethyl adjacent to an activating group) is 1. The summed E-state index contributed by atoms with van der Waals surface area (Å²) in [6, 6.07) is 0. The third-order valence-corrected chi connectivity index (χ3v) is 1.87. The topological polar surface area (TPSA) is 84.4 Å². The summed E-state index contributed by atoms with van der Waals surface area (Å²) in [5.74, 6) is -0.835. The maximum absolute atomic E-state index is 10.6. The number of aromatic nitrogens is 2. The van der Waals surface area contributed by atoms with Gasteiger partial charge in [0.2, 0.25) is 0 Å². The Kier molecular flexibility index (Phi) is 3.08. The molecule has 0 unspecified atom stereocenters. The number of anilines is 1. The lowest BCUT2D eigenvalue weighted by Gasteiger charge is -2.10. The van der Waals surface area contributed by atoms with Crippen LogP contribution in [0.4, 0.5) is 5.82 Å². The number of nitrogens with two attached hydrogens (primary N) is 1. The standard InChI is InChI=1S/C8H14N4O2/c1-11(2)3-4-12-7(9)6(5-10-12)8(13)14/h5H,3-4,9H2,1-2H3,(H,13,14). The Morgan fingerprint density at radius 3 is 2.79 bits per heavy atom. The number of carbonyl (C=O) groups is 1. The zero-order chi connectivity index (χ0) is 10.7. The molecule has 1 aromatic rings. The second-order valence-corrected chi connectivity index (χ2v) is 3.28. The highest BCUT2D eigenvalue weighted by molar-refractivity contribution is 5.92. The van der Waals surface area contributed by atoms with E-state index in [0.717, 1.165) is 6.54 Å². The van der Waals surface area contributed by atoms with Crippen LogP contribution in [0.15, 0.2) is 6.20 Å². The molecule has 0 aliphatic carbocycles. The lowest BCUT2D eigenvalue weighted by molar-refractivity contribution is 0.0698. The van der Waals surface area contributed by atoms with Gasteiger partial charge in [-0.15, -0.1) is 0 Å². The van der Waals surface area contributed by atoms with Crippen LogP contribution in [0.3, 0.4) is 0 Å². The van der Waals surface area contributed by atoms with Crippen molar-refractivity contribution in [3.8, 4) is 0 Å². The molecule has 0 aliphatic rings. The Bertz CT molecular complexity index is 332. The molecule has 0 aliphatic heterocycles. The van der Waals surface area contributed by atoms with Crippen LogP contribution in [-0.4, -0.2) is 46.4 Å². The number of carboxylic acids is 1. The summed E-state index contributed by atoms with van der Waals surface area (Å²) in [5.41, 5.74) is 5.65. The molecule has 1 heterocycles. The van der Waals surface area contributed by atoms with Crippen molar-refractivity contribution in [2.45, 2.75) is 6.54 Å². The molecule has 1 aromatic heterocycles. The van der Waals surface area contributed by atoms with Crippen molar-refractivity contribution in [2.75, 3.05) is 26.4 Å². The van der Waals surface area contributed by atoms with E-state index in [4.69, 9.17) is 10.8 Å². The molecular weight excluding hydrogens is 184 g/mol. The van der Waals surface area contributed by atoms with E-state index >= 15 is 0 Å². The number of hydrogen-bond donors (Lipinski definition) is 2. The smallest absolute Gasteiger partial charge is 0.341 e. The number of nitrogen functional groups attached to an aromatic ring is 1. The predicted octanol–water partition coefficient (Wildman–Crippen LogP) is -0.275. The van der Waals surface area contributed by atoms with Gasteiger partial charge in [-0.1, -0.05) is 0 Å². The Morgan fingerprint density at radius 2 is 2.36 bits per heavy atom. The summed E-state index contributed by atoms with van der Waals surface area (Å²) in [5, 5.41) is 12.6. The van der Waals surface area contributed by atoms with Gasteiger partial charge < -0.3 is 15.7 Å². The normalized spacial score (nSPS) is 10.8. The fourth-order valence-corrected chi connectivity index (χ4v) is 1.03. The molecule has 0 fully saturated rings. The van der Waals surface area contributed by atoms with Crippen molar-refractivity contribution in [1.82, 2.24) is 14.7 Å². The minimum absolute atomic E-state index is 0.0590. The van der Waals surface area contributed by atoms with E-state index in [9.17, 15) is 4.79 Å². The van der Waals surface area contributed by atoms with Crippen LogP contribution in [-0.2, 0) is 6.54 Å². The van der Waals surface area contributed by atoms with Crippen molar-refractivity contribution in [3.63, 3.8) is 0 Å². The van der Waals surface area contributed by atoms with Gasteiger partial charge in [0.1, 0.15) is 11.4 Å². The summed E-state index contributed by atoms with van der Waals surface area (Å²) in [6.45, 7) is 1.36. The highest BCUT2D eigenvalue weighted by atomic mass is 16.4. The molecule has 78 valence electrons. The van der Waals surface area contributed by atoms with Crippen LogP contribution in [0.25, 0.3) is 0 Å². The summed E-state index contributed by atoms with van der Waals surface area (Å²) in [7, 11) is 3.86. The quantitative estimate of drug-likeness (QED) is 0.695. The molecule has 14 heavy (non-hydrogen) atoms. The zero-order valence-electron chi connectivity index (χ0n) is 8.27. The molecule has 0 amide bonds. The van der Waals surface area contributed by atoms with Crippen LogP contribution in [0.1, 0.15) is 10.4 Å². The van der Waals surface area contributed by atoms with Gasteiger partial charge in [0.05, 0.1) is 12.7 Å². The van der Waals surface area contributed by atoms with Gasteiger partial charge in [0.25, 0.3) is 0 Å². The number of hydrogen-bond acceptors (Lipinski definition) is 4. The molecular formula is C8H14N4O2. The highest BCUT2D eigenvalue weighted by Crippen LogP contribution is 2.10. The number of carboxylic acid groups (broad SMARTS) is 1. The fraction of sp³-hybridized carbons (Fsp3) is 0.500. The maximum atomic E-state index is 10.6. The molecule has 1 rings (SSSR count). The van der Waals surface area contributed by atoms with E-state index < -0.39 is 5.97 Å². The van der Waals surface area contributed by atoms with E-state index in [0.29, 0.717) is 6.54 Å². The van der Waals surface area contributed by atoms with E-state index in [1.807, 2.05) is 19.0 Å². The second-order valence-electron chi connectivity index (χ2n) is 3.28.